The number of rotatable bonds is 5. The van der Waals surface area contributed by atoms with E-state index < -0.39 is 31.8 Å². The van der Waals surface area contributed by atoms with Gasteiger partial charge in [0.05, 0.1) is 34.7 Å². The summed E-state index contributed by atoms with van der Waals surface area (Å²) in [5, 5.41) is 0.0992. The number of halogens is 3. The molecule has 186 valence electrons. The number of ether oxygens (including phenoxy) is 1. The first-order valence-corrected chi connectivity index (χ1v) is 13.0. The number of hydrogen-bond donors (Lipinski definition) is 0. The van der Waals surface area contributed by atoms with E-state index in [-0.39, 0.29) is 27.5 Å². The lowest BCUT2D eigenvalue weighted by molar-refractivity contribution is 0.122. The van der Waals surface area contributed by atoms with Crippen molar-refractivity contribution in [1.82, 2.24) is 4.57 Å². The fourth-order valence-electron chi connectivity index (χ4n) is 4.33. The lowest BCUT2D eigenvalue weighted by Gasteiger charge is -2.29. The van der Waals surface area contributed by atoms with Crippen molar-refractivity contribution in [3.8, 4) is 0 Å². The van der Waals surface area contributed by atoms with Gasteiger partial charge in [0.2, 0.25) is 15.3 Å². The Morgan fingerprint density at radius 2 is 1.72 bits per heavy atom. The van der Waals surface area contributed by atoms with Crippen LogP contribution < -0.4 is 10.3 Å². The number of anilines is 1. The maximum Gasteiger partial charge on any atom is 0.211 e. The first-order chi connectivity index (χ1) is 17.2. The minimum absolute atomic E-state index is 0.0563. The largest absolute Gasteiger partial charge is 0.378 e. The van der Waals surface area contributed by atoms with E-state index in [1.165, 1.54) is 59.3 Å². The van der Waals surface area contributed by atoms with Crippen LogP contribution in [0.3, 0.4) is 0 Å². The van der Waals surface area contributed by atoms with Crippen molar-refractivity contribution in [2.75, 3.05) is 31.2 Å². The standard InChI is InChI=1S/C26H21ClF2N2O4S/c27-18-4-2-6-20(12-18)36(33,34)25-16-31(15-17-3-1-5-19(28)11-17)23-14-24(30-7-9-35-10-8-30)22(29)13-21(23)26(25)32/h1-6,11-14,16H,7-10,15H2. The number of sulfone groups is 1. The van der Waals surface area contributed by atoms with Gasteiger partial charge in [0, 0.05) is 30.9 Å². The van der Waals surface area contributed by atoms with Gasteiger partial charge in [0.1, 0.15) is 16.5 Å². The van der Waals surface area contributed by atoms with Gasteiger partial charge in [0.15, 0.2) is 0 Å². The Kier molecular flexibility index (Phi) is 6.55. The average Bonchev–Trinajstić information content (AvgIpc) is 2.86. The topological polar surface area (TPSA) is 68.6 Å². The van der Waals surface area contributed by atoms with Crippen LogP contribution in [0.15, 0.2) is 81.4 Å². The molecule has 2 heterocycles. The Morgan fingerprint density at radius 3 is 2.44 bits per heavy atom. The summed E-state index contributed by atoms with van der Waals surface area (Å²) in [6.45, 7) is 1.87. The highest BCUT2D eigenvalue weighted by atomic mass is 35.5. The molecule has 0 aliphatic carbocycles. The molecule has 1 fully saturated rings. The van der Waals surface area contributed by atoms with Gasteiger partial charge in [-0.15, -0.1) is 0 Å². The summed E-state index contributed by atoms with van der Waals surface area (Å²) in [6, 6.07) is 14.0. The summed E-state index contributed by atoms with van der Waals surface area (Å²) in [7, 11) is -4.29. The maximum atomic E-state index is 15.3. The van der Waals surface area contributed by atoms with Crippen LogP contribution in [0, 0.1) is 11.6 Å². The summed E-state index contributed by atoms with van der Waals surface area (Å²) in [5.41, 5.74) is 0.331. The lowest BCUT2D eigenvalue weighted by atomic mass is 10.1. The molecule has 0 unspecified atom stereocenters. The minimum atomic E-state index is -4.29. The van der Waals surface area contributed by atoms with Gasteiger partial charge in [0.25, 0.3) is 0 Å². The van der Waals surface area contributed by atoms with Crippen molar-refractivity contribution in [2.45, 2.75) is 16.3 Å². The van der Waals surface area contributed by atoms with Crippen LogP contribution in [0.1, 0.15) is 5.56 Å². The van der Waals surface area contributed by atoms with Crippen molar-refractivity contribution in [2.24, 2.45) is 0 Å². The molecule has 0 atom stereocenters. The zero-order valence-electron chi connectivity index (χ0n) is 19.0. The molecule has 10 heteroatoms. The van der Waals surface area contributed by atoms with Crippen LogP contribution in [-0.2, 0) is 21.1 Å². The fraction of sp³-hybridized carbons (Fsp3) is 0.192. The SMILES string of the molecule is O=c1c(S(=O)(=O)c2cccc(Cl)c2)cn(Cc2cccc(F)c2)c2cc(N3CCOCC3)c(F)cc12. The first kappa shape index (κ1) is 24.4. The maximum absolute atomic E-state index is 15.3. The molecule has 0 radical (unpaired) electrons. The summed E-state index contributed by atoms with van der Waals surface area (Å²) in [4.78, 5) is 14.6. The van der Waals surface area contributed by atoms with Crippen molar-refractivity contribution in [3.63, 3.8) is 0 Å². The monoisotopic (exact) mass is 530 g/mol. The smallest absolute Gasteiger partial charge is 0.211 e. The Hall–Kier alpha value is -3.27. The van der Waals surface area contributed by atoms with Gasteiger partial charge in [-0.05, 0) is 48.0 Å². The van der Waals surface area contributed by atoms with Crippen LogP contribution >= 0.6 is 11.6 Å². The highest BCUT2D eigenvalue weighted by Crippen LogP contribution is 2.29. The van der Waals surface area contributed by atoms with E-state index in [0.29, 0.717) is 37.4 Å². The van der Waals surface area contributed by atoms with E-state index in [1.54, 1.807) is 6.07 Å². The molecule has 0 saturated carbocycles. The number of pyridine rings is 1. The molecule has 3 aromatic carbocycles. The zero-order chi connectivity index (χ0) is 25.4. The third-order valence-corrected chi connectivity index (χ3v) is 8.09. The Balaban J connectivity index is 1.75. The predicted molar refractivity (Wildman–Crippen MR) is 134 cm³/mol. The molecular formula is C26H21ClF2N2O4S. The van der Waals surface area contributed by atoms with E-state index in [4.69, 9.17) is 16.3 Å². The van der Waals surface area contributed by atoms with Gasteiger partial charge in [-0.3, -0.25) is 4.79 Å². The van der Waals surface area contributed by atoms with E-state index in [9.17, 15) is 17.6 Å². The van der Waals surface area contributed by atoms with Gasteiger partial charge in [-0.2, -0.15) is 0 Å². The van der Waals surface area contributed by atoms with Gasteiger partial charge in [-0.1, -0.05) is 29.8 Å². The Labute approximate surface area is 211 Å². The van der Waals surface area contributed by atoms with Crippen LogP contribution in [-0.4, -0.2) is 39.3 Å². The number of nitrogens with zero attached hydrogens (tertiary/aromatic N) is 2. The van der Waals surface area contributed by atoms with Crippen LogP contribution in [0.5, 0.6) is 0 Å². The summed E-state index contributed by atoms with van der Waals surface area (Å²) >= 11 is 5.99. The number of morpholine rings is 1. The molecule has 0 N–H and O–H groups in total. The van der Waals surface area contributed by atoms with Gasteiger partial charge >= 0.3 is 0 Å². The van der Waals surface area contributed by atoms with Crippen molar-refractivity contribution in [3.05, 3.63) is 99.3 Å². The van der Waals surface area contributed by atoms with Gasteiger partial charge < -0.3 is 14.2 Å². The molecule has 0 spiro atoms. The van der Waals surface area contributed by atoms with E-state index in [2.05, 4.69) is 0 Å². The molecule has 1 aliphatic rings. The second-order valence-electron chi connectivity index (χ2n) is 8.46. The third-order valence-electron chi connectivity index (χ3n) is 6.11. The van der Waals surface area contributed by atoms with Crippen molar-refractivity contribution >= 4 is 38.0 Å². The average molecular weight is 531 g/mol. The highest BCUT2D eigenvalue weighted by molar-refractivity contribution is 7.91. The van der Waals surface area contributed by atoms with Crippen molar-refractivity contribution < 1.29 is 21.9 Å². The molecule has 5 rings (SSSR count). The van der Waals surface area contributed by atoms with E-state index in [0.717, 1.165) is 6.07 Å². The second kappa shape index (κ2) is 9.65. The van der Waals surface area contributed by atoms with E-state index >= 15 is 4.39 Å². The highest BCUT2D eigenvalue weighted by Gasteiger charge is 2.26. The van der Waals surface area contributed by atoms with Crippen LogP contribution in [0.25, 0.3) is 10.9 Å². The number of benzene rings is 3. The summed E-state index contributed by atoms with van der Waals surface area (Å²) < 4.78 is 63.0. The second-order valence-corrected chi connectivity index (χ2v) is 10.8. The molecule has 1 aliphatic heterocycles. The van der Waals surface area contributed by atoms with Gasteiger partial charge in [-0.25, -0.2) is 17.2 Å². The predicted octanol–water partition coefficient (Wildman–Crippen LogP) is 4.65. The molecule has 6 nitrogen and oxygen atoms in total. The van der Waals surface area contributed by atoms with Crippen LogP contribution in [0.4, 0.5) is 14.5 Å². The zero-order valence-corrected chi connectivity index (χ0v) is 20.5. The lowest BCUT2D eigenvalue weighted by Crippen LogP contribution is -2.36. The third kappa shape index (κ3) is 4.61. The Morgan fingerprint density at radius 1 is 0.972 bits per heavy atom. The fourth-order valence-corrected chi connectivity index (χ4v) is 6.00. The summed E-state index contributed by atoms with van der Waals surface area (Å²) in [6.07, 6.45) is 1.23. The number of fused-ring (bicyclic) bond motifs is 1. The molecule has 1 aromatic heterocycles. The summed E-state index contributed by atoms with van der Waals surface area (Å²) in [5.74, 6) is -1.10. The molecule has 1 saturated heterocycles. The Bertz CT molecular complexity index is 1630. The molecule has 36 heavy (non-hydrogen) atoms. The number of hydrogen-bond acceptors (Lipinski definition) is 5. The quantitative estimate of drug-likeness (QED) is 0.376. The molecular weight excluding hydrogens is 510 g/mol. The van der Waals surface area contributed by atoms with Crippen molar-refractivity contribution in [1.29, 1.82) is 0 Å². The normalized spacial score (nSPS) is 14.4. The van der Waals surface area contributed by atoms with Crippen LogP contribution in [0.2, 0.25) is 5.02 Å². The first-order valence-electron chi connectivity index (χ1n) is 11.2. The molecule has 0 amide bonds. The molecule has 0 bridgehead atoms. The number of aromatic nitrogens is 1. The van der Waals surface area contributed by atoms with E-state index in [1.807, 2.05) is 4.90 Å². The minimum Gasteiger partial charge on any atom is -0.378 e. The molecule has 4 aromatic rings.